The van der Waals surface area contributed by atoms with E-state index in [-0.39, 0.29) is 12.6 Å². The van der Waals surface area contributed by atoms with Gasteiger partial charge in [-0.3, -0.25) is 4.90 Å². The normalized spacial score (nSPS) is 28.6. The van der Waals surface area contributed by atoms with Crippen molar-refractivity contribution in [3.05, 3.63) is 0 Å². The first-order chi connectivity index (χ1) is 8.06. The van der Waals surface area contributed by atoms with Crippen LogP contribution in [-0.2, 0) is 0 Å². The molecule has 0 aliphatic carbocycles. The molecule has 3 atom stereocenters. The molecule has 0 radical (unpaired) electrons. The van der Waals surface area contributed by atoms with E-state index in [1.165, 1.54) is 25.8 Å². The smallest absolute Gasteiger partial charge is 0.0597 e. The van der Waals surface area contributed by atoms with Crippen LogP contribution in [-0.4, -0.2) is 47.8 Å². The number of nitrogens with zero attached hydrogens (tertiary/aromatic N) is 1. The molecule has 0 saturated carbocycles. The number of likely N-dealkylation sites (tertiary alicyclic amines) is 1. The summed E-state index contributed by atoms with van der Waals surface area (Å²) in [5, 5.41) is 12.9. The summed E-state index contributed by atoms with van der Waals surface area (Å²) in [4.78, 5) is 2.55. The number of hydrogen-bond donors (Lipinski definition) is 2. The zero-order chi connectivity index (χ0) is 12.8. The Bertz CT molecular complexity index is 208. The van der Waals surface area contributed by atoms with Crippen LogP contribution >= 0.6 is 0 Å². The molecule has 1 rings (SSSR count). The van der Waals surface area contributed by atoms with E-state index in [2.05, 4.69) is 37.9 Å². The first-order valence-corrected chi connectivity index (χ1v) is 7.17. The number of piperidine rings is 1. The molecular formula is C14H30N2O. The predicted octanol–water partition coefficient (Wildman–Crippen LogP) is 1.86. The van der Waals surface area contributed by atoms with E-state index >= 15 is 0 Å². The van der Waals surface area contributed by atoms with Crippen LogP contribution < -0.4 is 5.32 Å². The largest absolute Gasteiger partial charge is 0.395 e. The number of aliphatic hydroxyl groups excluding tert-OH is 1. The van der Waals surface area contributed by atoms with Crippen molar-refractivity contribution < 1.29 is 5.11 Å². The third-order valence-corrected chi connectivity index (χ3v) is 3.93. The van der Waals surface area contributed by atoms with Crippen LogP contribution in [0, 0.1) is 5.92 Å². The van der Waals surface area contributed by atoms with Crippen molar-refractivity contribution in [3.8, 4) is 0 Å². The molecule has 1 fully saturated rings. The SMILES string of the molecule is CCC1CCC(C)N(CC(CO)NC(C)C)C1. The molecule has 102 valence electrons. The molecule has 1 saturated heterocycles. The lowest BCUT2D eigenvalue weighted by molar-refractivity contribution is 0.0885. The van der Waals surface area contributed by atoms with Gasteiger partial charge in [0.2, 0.25) is 0 Å². The summed E-state index contributed by atoms with van der Waals surface area (Å²) < 4.78 is 0. The van der Waals surface area contributed by atoms with Crippen LogP contribution in [0.3, 0.4) is 0 Å². The van der Waals surface area contributed by atoms with Crippen LogP contribution in [0.5, 0.6) is 0 Å². The van der Waals surface area contributed by atoms with Crippen LogP contribution in [0.25, 0.3) is 0 Å². The molecule has 3 nitrogen and oxygen atoms in total. The lowest BCUT2D eigenvalue weighted by atomic mass is 9.91. The highest BCUT2D eigenvalue weighted by atomic mass is 16.3. The fourth-order valence-corrected chi connectivity index (χ4v) is 2.77. The molecule has 1 aliphatic heterocycles. The van der Waals surface area contributed by atoms with Crippen molar-refractivity contribution in [2.45, 2.75) is 65.1 Å². The molecule has 1 aliphatic rings. The maximum Gasteiger partial charge on any atom is 0.0597 e. The van der Waals surface area contributed by atoms with Crippen LogP contribution in [0.15, 0.2) is 0 Å². The second-order valence-corrected chi connectivity index (χ2v) is 5.86. The number of nitrogens with one attached hydrogen (secondary N) is 1. The molecule has 1 heterocycles. The van der Waals surface area contributed by atoms with E-state index in [1.807, 2.05) is 0 Å². The summed E-state index contributed by atoms with van der Waals surface area (Å²) in [6.45, 7) is 11.3. The van der Waals surface area contributed by atoms with Crippen molar-refractivity contribution in [2.75, 3.05) is 19.7 Å². The summed E-state index contributed by atoms with van der Waals surface area (Å²) in [5.41, 5.74) is 0. The van der Waals surface area contributed by atoms with Crippen LogP contribution in [0.1, 0.15) is 47.0 Å². The minimum atomic E-state index is 0.216. The van der Waals surface area contributed by atoms with Gasteiger partial charge < -0.3 is 10.4 Å². The Hall–Kier alpha value is -0.120. The predicted molar refractivity (Wildman–Crippen MR) is 73.2 cm³/mol. The second-order valence-electron chi connectivity index (χ2n) is 5.86. The van der Waals surface area contributed by atoms with Crippen molar-refractivity contribution in [2.24, 2.45) is 5.92 Å². The molecule has 0 bridgehead atoms. The average Bonchev–Trinajstić information content (AvgIpc) is 2.30. The highest BCUT2D eigenvalue weighted by Gasteiger charge is 2.26. The second kappa shape index (κ2) is 7.34. The highest BCUT2D eigenvalue weighted by molar-refractivity contribution is 4.82. The summed E-state index contributed by atoms with van der Waals surface area (Å²) >= 11 is 0. The summed E-state index contributed by atoms with van der Waals surface area (Å²) in [7, 11) is 0. The highest BCUT2D eigenvalue weighted by Crippen LogP contribution is 2.23. The molecule has 0 spiro atoms. The van der Waals surface area contributed by atoms with E-state index in [0.29, 0.717) is 12.1 Å². The van der Waals surface area contributed by atoms with Gasteiger partial charge in [0, 0.05) is 31.2 Å². The van der Waals surface area contributed by atoms with Gasteiger partial charge in [-0.15, -0.1) is 0 Å². The average molecular weight is 242 g/mol. The van der Waals surface area contributed by atoms with Gasteiger partial charge in [0.1, 0.15) is 0 Å². The fourth-order valence-electron chi connectivity index (χ4n) is 2.77. The molecular weight excluding hydrogens is 212 g/mol. The topological polar surface area (TPSA) is 35.5 Å². The van der Waals surface area contributed by atoms with Crippen molar-refractivity contribution >= 4 is 0 Å². The Morgan fingerprint density at radius 3 is 2.59 bits per heavy atom. The number of rotatable bonds is 6. The summed E-state index contributed by atoms with van der Waals surface area (Å²) in [6, 6.07) is 1.32. The molecule has 17 heavy (non-hydrogen) atoms. The van der Waals surface area contributed by atoms with Gasteiger partial charge in [-0.25, -0.2) is 0 Å². The zero-order valence-electron chi connectivity index (χ0n) is 11.9. The van der Waals surface area contributed by atoms with E-state index in [4.69, 9.17) is 0 Å². The number of hydrogen-bond acceptors (Lipinski definition) is 3. The minimum absolute atomic E-state index is 0.216. The van der Waals surface area contributed by atoms with Gasteiger partial charge in [-0.2, -0.15) is 0 Å². The van der Waals surface area contributed by atoms with Gasteiger partial charge in [-0.05, 0) is 25.7 Å². The Kier molecular flexibility index (Phi) is 6.45. The minimum Gasteiger partial charge on any atom is -0.395 e. The molecule has 3 unspecified atom stereocenters. The van der Waals surface area contributed by atoms with Crippen LogP contribution in [0.4, 0.5) is 0 Å². The lowest BCUT2D eigenvalue weighted by Crippen LogP contribution is -2.51. The third kappa shape index (κ3) is 4.94. The monoisotopic (exact) mass is 242 g/mol. The molecule has 0 amide bonds. The third-order valence-electron chi connectivity index (χ3n) is 3.93. The quantitative estimate of drug-likeness (QED) is 0.746. The maximum atomic E-state index is 9.43. The molecule has 0 aromatic rings. The maximum absolute atomic E-state index is 9.43. The Labute approximate surface area is 107 Å². The van der Waals surface area contributed by atoms with E-state index in [0.717, 1.165) is 12.5 Å². The van der Waals surface area contributed by atoms with Gasteiger partial charge in [0.05, 0.1) is 6.61 Å². The standard InChI is InChI=1S/C14H30N2O/c1-5-13-7-6-12(4)16(8-13)9-14(10-17)15-11(2)3/h11-15,17H,5-10H2,1-4H3. The Morgan fingerprint density at radius 1 is 1.35 bits per heavy atom. The van der Waals surface area contributed by atoms with Gasteiger partial charge >= 0.3 is 0 Å². The van der Waals surface area contributed by atoms with Crippen molar-refractivity contribution in [1.82, 2.24) is 10.2 Å². The summed E-state index contributed by atoms with van der Waals surface area (Å²) in [6.07, 6.45) is 3.96. The fraction of sp³-hybridized carbons (Fsp3) is 1.00. The molecule has 3 heteroatoms. The lowest BCUT2D eigenvalue weighted by Gasteiger charge is -2.39. The van der Waals surface area contributed by atoms with E-state index in [1.54, 1.807) is 0 Å². The summed E-state index contributed by atoms with van der Waals surface area (Å²) in [5.74, 6) is 0.851. The molecule has 0 aromatic carbocycles. The first-order valence-electron chi connectivity index (χ1n) is 7.17. The zero-order valence-corrected chi connectivity index (χ0v) is 11.9. The molecule has 2 N–H and O–H groups in total. The van der Waals surface area contributed by atoms with Crippen molar-refractivity contribution in [3.63, 3.8) is 0 Å². The van der Waals surface area contributed by atoms with Crippen LogP contribution in [0.2, 0.25) is 0 Å². The van der Waals surface area contributed by atoms with Gasteiger partial charge in [0.25, 0.3) is 0 Å². The van der Waals surface area contributed by atoms with E-state index < -0.39 is 0 Å². The van der Waals surface area contributed by atoms with Gasteiger partial charge in [-0.1, -0.05) is 27.2 Å². The molecule has 0 aromatic heterocycles. The van der Waals surface area contributed by atoms with E-state index in [9.17, 15) is 5.11 Å². The first kappa shape index (κ1) is 14.9. The van der Waals surface area contributed by atoms with Crippen molar-refractivity contribution in [1.29, 1.82) is 0 Å². The Balaban J connectivity index is 2.45. The van der Waals surface area contributed by atoms with Gasteiger partial charge in [0.15, 0.2) is 0 Å². The number of aliphatic hydroxyl groups is 1. The Morgan fingerprint density at radius 2 is 2.06 bits per heavy atom.